The highest BCUT2D eigenvalue weighted by molar-refractivity contribution is 5.95. The molecule has 1 aliphatic rings. The Morgan fingerprint density at radius 1 is 1.18 bits per heavy atom. The maximum absolute atomic E-state index is 12.9. The highest BCUT2D eigenvalue weighted by atomic mass is 16.5. The summed E-state index contributed by atoms with van der Waals surface area (Å²) in [4.78, 5) is 41.1. The van der Waals surface area contributed by atoms with Gasteiger partial charge in [-0.1, -0.05) is 36.4 Å². The van der Waals surface area contributed by atoms with Crippen LogP contribution in [0.15, 0.2) is 53.3 Å². The number of nitrogens with one attached hydrogen (secondary N) is 1. The van der Waals surface area contributed by atoms with E-state index in [0.29, 0.717) is 12.2 Å². The Kier molecular flexibility index (Phi) is 5.73. The fourth-order valence-electron chi connectivity index (χ4n) is 3.86. The standard InChI is InChI=1S/C24H24N4O5/c1-24(2)23-27-18(19(29)22(32)28(23)11-12-33-24)21(31)26-13-16-5-3-4-6-17(16)14-7-9-15(10-8-14)20(25)30/h3-10,29H,11-13H2,1-2H3,(H2,25,30)(H,26,31). The summed E-state index contributed by atoms with van der Waals surface area (Å²) in [6.07, 6.45) is 0. The molecule has 0 saturated carbocycles. The molecule has 4 rings (SSSR count). The third kappa shape index (κ3) is 4.22. The number of carbonyl (C=O) groups excluding carboxylic acids is 2. The minimum Gasteiger partial charge on any atom is -0.501 e. The second-order valence-electron chi connectivity index (χ2n) is 8.23. The lowest BCUT2D eigenvalue weighted by Gasteiger charge is -2.32. The number of nitrogens with two attached hydrogens (primary N) is 1. The number of nitrogens with zero attached hydrogens (tertiary/aromatic N) is 2. The van der Waals surface area contributed by atoms with Crippen LogP contribution in [0, 0.1) is 0 Å². The largest absolute Gasteiger partial charge is 0.501 e. The molecule has 0 bridgehead atoms. The molecule has 170 valence electrons. The first-order valence-corrected chi connectivity index (χ1v) is 10.4. The molecule has 0 unspecified atom stereocenters. The Bertz CT molecular complexity index is 1300. The van der Waals surface area contributed by atoms with Crippen molar-refractivity contribution < 1.29 is 19.4 Å². The van der Waals surface area contributed by atoms with Crippen molar-refractivity contribution in [2.75, 3.05) is 6.61 Å². The zero-order valence-corrected chi connectivity index (χ0v) is 18.3. The van der Waals surface area contributed by atoms with Crippen molar-refractivity contribution in [1.29, 1.82) is 0 Å². The van der Waals surface area contributed by atoms with Gasteiger partial charge in [-0.05, 0) is 42.7 Å². The van der Waals surface area contributed by atoms with Crippen molar-refractivity contribution in [3.05, 3.63) is 81.5 Å². The van der Waals surface area contributed by atoms with Gasteiger partial charge in [0.05, 0.1) is 13.2 Å². The average molecular weight is 448 g/mol. The molecule has 2 amide bonds. The molecule has 3 aromatic rings. The van der Waals surface area contributed by atoms with Crippen molar-refractivity contribution >= 4 is 11.8 Å². The van der Waals surface area contributed by atoms with Gasteiger partial charge in [0.25, 0.3) is 11.5 Å². The summed E-state index contributed by atoms with van der Waals surface area (Å²) in [6, 6.07) is 14.3. The summed E-state index contributed by atoms with van der Waals surface area (Å²) in [5.41, 5.74) is 6.32. The van der Waals surface area contributed by atoms with Gasteiger partial charge in [-0.25, -0.2) is 4.98 Å². The third-order valence-corrected chi connectivity index (χ3v) is 5.61. The number of primary amides is 1. The van der Waals surface area contributed by atoms with E-state index in [2.05, 4.69) is 10.3 Å². The number of benzene rings is 2. The van der Waals surface area contributed by atoms with E-state index < -0.39 is 28.7 Å². The van der Waals surface area contributed by atoms with Gasteiger partial charge in [0.2, 0.25) is 11.7 Å². The molecule has 4 N–H and O–H groups in total. The molecule has 0 fully saturated rings. The number of hydrogen-bond acceptors (Lipinski definition) is 6. The maximum Gasteiger partial charge on any atom is 0.296 e. The first kappa shape index (κ1) is 22.2. The first-order chi connectivity index (χ1) is 15.7. The van der Waals surface area contributed by atoms with Crippen LogP contribution in [0.2, 0.25) is 0 Å². The van der Waals surface area contributed by atoms with E-state index >= 15 is 0 Å². The first-order valence-electron chi connectivity index (χ1n) is 10.4. The van der Waals surface area contributed by atoms with Gasteiger partial charge in [-0.2, -0.15) is 0 Å². The van der Waals surface area contributed by atoms with Gasteiger partial charge in [-0.15, -0.1) is 0 Å². The number of rotatable bonds is 5. The lowest BCUT2D eigenvalue weighted by molar-refractivity contribution is -0.0566. The van der Waals surface area contributed by atoms with Crippen LogP contribution in [0.4, 0.5) is 0 Å². The molecular weight excluding hydrogens is 424 g/mol. The average Bonchev–Trinajstić information content (AvgIpc) is 2.80. The fourth-order valence-corrected chi connectivity index (χ4v) is 3.86. The molecular formula is C24H24N4O5. The molecule has 33 heavy (non-hydrogen) atoms. The zero-order chi connectivity index (χ0) is 23.8. The second kappa shape index (κ2) is 8.51. The van der Waals surface area contributed by atoms with E-state index in [-0.39, 0.29) is 24.6 Å². The minimum absolute atomic E-state index is 0.131. The molecule has 1 aromatic heterocycles. The molecule has 2 aromatic carbocycles. The summed E-state index contributed by atoms with van der Waals surface area (Å²) in [5.74, 6) is -1.59. The van der Waals surface area contributed by atoms with Crippen molar-refractivity contribution in [2.24, 2.45) is 5.73 Å². The van der Waals surface area contributed by atoms with Crippen LogP contribution in [0.1, 0.15) is 46.1 Å². The molecule has 0 atom stereocenters. The Hall–Kier alpha value is -3.98. The van der Waals surface area contributed by atoms with Gasteiger partial charge < -0.3 is 20.9 Å². The van der Waals surface area contributed by atoms with Crippen LogP contribution in [0.25, 0.3) is 11.1 Å². The summed E-state index contributed by atoms with van der Waals surface area (Å²) in [7, 11) is 0. The van der Waals surface area contributed by atoms with Gasteiger partial charge in [0.15, 0.2) is 5.69 Å². The van der Waals surface area contributed by atoms with Crippen LogP contribution in [-0.4, -0.2) is 33.1 Å². The lowest BCUT2D eigenvalue weighted by atomic mass is 9.98. The predicted molar refractivity (Wildman–Crippen MR) is 121 cm³/mol. The van der Waals surface area contributed by atoms with E-state index in [1.165, 1.54) is 4.57 Å². The topological polar surface area (TPSA) is 137 Å². The summed E-state index contributed by atoms with van der Waals surface area (Å²) < 4.78 is 7.01. The molecule has 0 radical (unpaired) electrons. The van der Waals surface area contributed by atoms with E-state index in [9.17, 15) is 19.5 Å². The molecule has 0 aliphatic carbocycles. The van der Waals surface area contributed by atoms with Crippen molar-refractivity contribution in [1.82, 2.24) is 14.9 Å². The Labute approximate surface area is 189 Å². The van der Waals surface area contributed by atoms with Crippen molar-refractivity contribution in [2.45, 2.75) is 32.5 Å². The van der Waals surface area contributed by atoms with Gasteiger partial charge in [0, 0.05) is 12.1 Å². The lowest BCUT2D eigenvalue weighted by Crippen LogP contribution is -2.42. The summed E-state index contributed by atoms with van der Waals surface area (Å²) in [5, 5.41) is 13.1. The number of ether oxygens (including phenoxy) is 1. The van der Waals surface area contributed by atoms with Crippen LogP contribution in [0.5, 0.6) is 5.75 Å². The second-order valence-corrected chi connectivity index (χ2v) is 8.23. The Morgan fingerprint density at radius 3 is 2.58 bits per heavy atom. The van der Waals surface area contributed by atoms with Crippen LogP contribution < -0.4 is 16.6 Å². The molecule has 9 heteroatoms. The van der Waals surface area contributed by atoms with Crippen molar-refractivity contribution in [3.8, 4) is 16.9 Å². The number of aromatic hydroxyl groups is 1. The monoisotopic (exact) mass is 448 g/mol. The smallest absolute Gasteiger partial charge is 0.296 e. The highest BCUT2D eigenvalue weighted by Crippen LogP contribution is 2.28. The Morgan fingerprint density at radius 2 is 1.88 bits per heavy atom. The minimum atomic E-state index is -0.871. The molecule has 9 nitrogen and oxygen atoms in total. The number of hydrogen-bond donors (Lipinski definition) is 3. The molecule has 0 saturated heterocycles. The summed E-state index contributed by atoms with van der Waals surface area (Å²) in [6.45, 7) is 4.20. The van der Waals surface area contributed by atoms with Gasteiger partial charge >= 0.3 is 0 Å². The number of carbonyl (C=O) groups is 2. The van der Waals surface area contributed by atoms with Crippen LogP contribution in [0.3, 0.4) is 0 Å². The van der Waals surface area contributed by atoms with E-state index in [4.69, 9.17) is 10.5 Å². The fraction of sp³-hybridized carbons (Fsp3) is 0.250. The van der Waals surface area contributed by atoms with Gasteiger partial charge in [-0.3, -0.25) is 19.0 Å². The number of amides is 2. The predicted octanol–water partition coefficient (Wildman–Crippen LogP) is 1.91. The maximum atomic E-state index is 12.9. The third-order valence-electron chi connectivity index (χ3n) is 5.61. The van der Waals surface area contributed by atoms with E-state index in [0.717, 1.165) is 16.7 Å². The van der Waals surface area contributed by atoms with Crippen molar-refractivity contribution in [3.63, 3.8) is 0 Å². The van der Waals surface area contributed by atoms with Crippen LogP contribution in [-0.2, 0) is 23.4 Å². The Balaban J connectivity index is 1.60. The zero-order valence-electron chi connectivity index (χ0n) is 18.3. The molecule has 1 aliphatic heterocycles. The number of aromatic nitrogens is 2. The molecule has 2 heterocycles. The van der Waals surface area contributed by atoms with E-state index in [1.54, 1.807) is 38.1 Å². The highest BCUT2D eigenvalue weighted by Gasteiger charge is 2.34. The normalized spacial score (nSPS) is 14.4. The number of fused-ring (bicyclic) bond motifs is 1. The molecule has 0 spiro atoms. The van der Waals surface area contributed by atoms with Gasteiger partial charge in [0.1, 0.15) is 11.4 Å². The van der Waals surface area contributed by atoms with E-state index in [1.807, 2.05) is 24.3 Å². The summed E-state index contributed by atoms with van der Waals surface area (Å²) >= 11 is 0. The van der Waals surface area contributed by atoms with Crippen LogP contribution >= 0.6 is 0 Å². The quantitative estimate of drug-likeness (QED) is 0.545. The SMILES string of the molecule is CC1(C)OCCn2c1nc(C(=O)NCc1ccccc1-c1ccc(C(N)=O)cc1)c(O)c2=O.